The minimum Gasteiger partial charge on any atom is -0.437 e. The van der Waals surface area contributed by atoms with Gasteiger partial charge in [0.2, 0.25) is 0 Å². The molecule has 0 aliphatic carbocycles. The molecule has 0 spiro atoms. The lowest BCUT2D eigenvalue weighted by atomic mass is 9.78. The zero-order valence-electron chi connectivity index (χ0n) is 20.6. The standard InChI is InChI=1S/C27H33BFNO4/c1-7-16-27(21-10-14-23(29)15-11-21)17-18-30(24(31)32-27)19(2)20-8-12-22(13-9-20)28-33-25(3,4)26(5,6)34-28/h7-15,19H,1,16-18H2,2-6H3. The molecule has 2 aliphatic heterocycles. The van der Waals surface area contributed by atoms with E-state index in [1.54, 1.807) is 23.1 Å². The van der Waals surface area contributed by atoms with Crippen molar-refractivity contribution in [2.75, 3.05) is 6.54 Å². The number of amides is 1. The lowest BCUT2D eigenvalue weighted by molar-refractivity contribution is -0.0588. The maximum absolute atomic E-state index is 13.4. The highest BCUT2D eigenvalue weighted by Crippen LogP contribution is 2.40. The van der Waals surface area contributed by atoms with Gasteiger partial charge >= 0.3 is 13.2 Å². The van der Waals surface area contributed by atoms with E-state index in [1.165, 1.54) is 12.1 Å². The molecule has 2 unspecified atom stereocenters. The Morgan fingerprint density at radius 3 is 2.18 bits per heavy atom. The molecule has 2 atom stereocenters. The van der Waals surface area contributed by atoms with Crippen LogP contribution in [0, 0.1) is 5.82 Å². The number of benzene rings is 2. The van der Waals surface area contributed by atoms with E-state index in [0.29, 0.717) is 19.4 Å². The average molecular weight is 465 g/mol. The fourth-order valence-electron chi connectivity index (χ4n) is 4.56. The van der Waals surface area contributed by atoms with Gasteiger partial charge in [0.15, 0.2) is 0 Å². The van der Waals surface area contributed by atoms with Crippen LogP contribution in [0.15, 0.2) is 61.2 Å². The van der Waals surface area contributed by atoms with Gasteiger partial charge in [-0.25, -0.2) is 9.18 Å². The van der Waals surface area contributed by atoms with Crippen LogP contribution in [0.5, 0.6) is 0 Å². The number of hydrogen-bond acceptors (Lipinski definition) is 4. The van der Waals surface area contributed by atoms with Crippen molar-refractivity contribution in [3.8, 4) is 0 Å². The van der Waals surface area contributed by atoms with Gasteiger partial charge in [-0.15, -0.1) is 6.58 Å². The van der Waals surface area contributed by atoms with E-state index in [0.717, 1.165) is 16.6 Å². The van der Waals surface area contributed by atoms with E-state index in [-0.39, 0.29) is 18.0 Å². The summed E-state index contributed by atoms with van der Waals surface area (Å²) in [4.78, 5) is 14.8. The minimum absolute atomic E-state index is 0.171. The van der Waals surface area contributed by atoms with Gasteiger partial charge in [0.1, 0.15) is 11.4 Å². The quantitative estimate of drug-likeness (QED) is 0.418. The molecule has 0 radical (unpaired) electrons. The summed E-state index contributed by atoms with van der Waals surface area (Å²) in [5.74, 6) is -0.320. The Hall–Kier alpha value is -2.64. The van der Waals surface area contributed by atoms with Crippen LogP contribution in [0.2, 0.25) is 0 Å². The first-order valence-electron chi connectivity index (χ1n) is 11.8. The van der Waals surface area contributed by atoms with Gasteiger partial charge in [0.25, 0.3) is 0 Å². The van der Waals surface area contributed by atoms with Gasteiger partial charge in [-0.05, 0) is 63.3 Å². The highest BCUT2D eigenvalue weighted by Gasteiger charge is 2.51. The summed E-state index contributed by atoms with van der Waals surface area (Å²) in [6.07, 6.45) is 2.41. The summed E-state index contributed by atoms with van der Waals surface area (Å²) >= 11 is 0. The second-order valence-corrected chi connectivity index (χ2v) is 10.2. The molecule has 1 amide bonds. The third kappa shape index (κ3) is 4.39. The second-order valence-electron chi connectivity index (χ2n) is 10.2. The fourth-order valence-corrected chi connectivity index (χ4v) is 4.56. The molecule has 180 valence electrons. The molecule has 34 heavy (non-hydrogen) atoms. The topological polar surface area (TPSA) is 48.0 Å². The Labute approximate surface area is 202 Å². The van der Waals surface area contributed by atoms with Crippen LogP contribution in [0.25, 0.3) is 0 Å². The van der Waals surface area contributed by atoms with Crippen LogP contribution in [-0.2, 0) is 19.6 Å². The monoisotopic (exact) mass is 465 g/mol. The van der Waals surface area contributed by atoms with E-state index in [1.807, 2.05) is 58.9 Å². The van der Waals surface area contributed by atoms with Gasteiger partial charge in [-0.2, -0.15) is 0 Å². The SMILES string of the molecule is C=CCC1(c2ccc(F)cc2)CCN(C(C)c2ccc(B3OC(C)(C)C(C)(C)O3)cc2)C(=O)O1. The Morgan fingerprint density at radius 2 is 1.65 bits per heavy atom. The number of cyclic esters (lactones) is 1. The molecule has 2 saturated heterocycles. The molecule has 2 aliphatic rings. The maximum atomic E-state index is 13.4. The number of ether oxygens (including phenoxy) is 1. The van der Waals surface area contributed by atoms with Crippen molar-refractivity contribution in [2.24, 2.45) is 0 Å². The average Bonchev–Trinajstić information content (AvgIpc) is 3.01. The zero-order chi connectivity index (χ0) is 24.7. The molecule has 4 rings (SSSR count). The van der Waals surface area contributed by atoms with Crippen molar-refractivity contribution in [3.63, 3.8) is 0 Å². The van der Waals surface area contributed by atoms with E-state index >= 15 is 0 Å². The van der Waals surface area contributed by atoms with Gasteiger partial charge in [-0.3, -0.25) is 0 Å². The molecule has 2 aromatic rings. The molecule has 2 aromatic carbocycles. The largest absolute Gasteiger partial charge is 0.494 e. The molecule has 0 bridgehead atoms. The Bertz CT molecular complexity index is 1040. The number of rotatable bonds is 6. The molecular weight excluding hydrogens is 432 g/mol. The van der Waals surface area contributed by atoms with Crippen LogP contribution in [0.4, 0.5) is 9.18 Å². The van der Waals surface area contributed by atoms with Crippen molar-refractivity contribution >= 4 is 18.7 Å². The highest BCUT2D eigenvalue weighted by atomic mass is 19.1. The van der Waals surface area contributed by atoms with E-state index in [9.17, 15) is 9.18 Å². The maximum Gasteiger partial charge on any atom is 0.494 e. The third-order valence-electron chi connectivity index (χ3n) is 7.53. The van der Waals surface area contributed by atoms with E-state index in [4.69, 9.17) is 14.0 Å². The van der Waals surface area contributed by atoms with Crippen LogP contribution < -0.4 is 5.46 Å². The number of halogens is 1. The van der Waals surface area contributed by atoms with Gasteiger partial charge in [-0.1, -0.05) is 42.5 Å². The first kappa shape index (κ1) is 24.5. The predicted octanol–water partition coefficient (Wildman–Crippen LogP) is 5.50. The summed E-state index contributed by atoms with van der Waals surface area (Å²) in [5.41, 5.74) is 1.09. The van der Waals surface area contributed by atoms with Crippen molar-refractivity contribution in [3.05, 3.63) is 78.1 Å². The molecule has 2 heterocycles. The molecule has 5 nitrogen and oxygen atoms in total. The Morgan fingerprint density at radius 1 is 1.06 bits per heavy atom. The Kier molecular flexibility index (Phi) is 6.38. The van der Waals surface area contributed by atoms with Crippen molar-refractivity contribution < 1.29 is 23.2 Å². The molecule has 0 N–H and O–H groups in total. The van der Waals surface area contributed by atoms with Crippen molar-refractivity contribution in [2.45, 2.75) is 70.3 Å². The summed E-state index contributed by atoms with van der Waals surface area (Å²) < 4.78 is 31.7. The molecule has 2 fully saturated rings. The number of carbonyl (C=O) groups excluding carboxylic acids is 1. The summed E-state index contributed by atoms with van der Waals surface area (Å²) in [6, 6.07) is 14.0. The first-order valence-corrected chi connectivity index (χ1v) is 11.8. The minimum atomic E-state index is -0.830. The van der Waals surface area contributed by atoms with Gasteiger partial charge < -0.3 is 18.9 Å². The second kappa shape index (κ2) is 8.86. The van der Waals surface area contributed by atoms with Crippen LogP contribution >= 0.6 is 0 Å². The highest BCUT2D eigenvalue weighted by molar-refractivity contribution is 6.62. The third-order valence-corrected chi connectivity index (χ3v) is 7.53. The summed E-state index contributed by atoms with van der Waals surface area (Å²) in [5, 5.41) is 0. The summed E-state index contributed by atoms with van der Waals surface area (Å²) in [7, 11) is -0.426. The Balaban J connectivity index is 1.48. The normalized spacial score (nSPS) is 24.6. The van der Waals surface area contributed by atoms with Crippen LogP contribution in [0.1, 0.15) is 64.6 Å². The van der Waals surface area contributed by atoms with Gasteiger partial charge in [0.05, 0.1) is 17.2 Å². The first-order chi connectivity index (χ1) is 16.0. The lowest BCUT2D eigenvalue weighted by Crippen LogP contribution is -2.48. The smallest absolute Gasteiger partial charge is 0.437 e. The van der Waals surface area contributed by atoms with Crippen molar-refractivity contribution in [1.29, 1.82) is 0 Å². The van der Waals surface area contributed by atoms with E-state index in [2.05, 4.69) is 6.58 Å². The molecule has 0 aromatic heterocycles. The zero-order valence-corrected chi connectivity index (χ0v) is 20.6. The molecular formula is C27H33BFNO4. The fraction of sp³-hybridized carbons (Fsp3) is 0.444. The van der Waals surface area contributed by atoms with Crippen molar-refractivity contribution in [1.82, 2.24) is 4.90 Å². The predicted molar refractivity (Wildman–Crippen MR) is 131 cm³/mol. The summed E-state index contributed by atoms with van der Waals surface area (Å²) in [6.45, 7) is 14.5. The van der Waals surface area contributed by atoms with Crippen LogP contribution in [-0.4, -0.2) is 35.9 Å². The molecule has 7 heteroatoms. The number of nitrogens with zero attached hydrogens (tertiary/aromatic N) is 1. The molecule has 0 saturated carbocycles. The number of carbonyl (C=O) groups is 1. The van der Waals surface area contributed by atoms with Crippen LogP contribution in [0.3, 0.4) is 0 Å². The number of hydrogen-bond donors (Lipinski definition) is 0. The van der Waals surface area contributed by atoms with Gasteiger partial charge in [0, 0.05) is 19.4 Å². The lowest BCUT2D eigenvalue weighted by Gasteiger charge is -2.43. The van der Waals surface area contributed by atoms with E-state index < -0.39 is 23.9 Å².